The maximum Gasteiger partial charge on any atom is 2.00 e. The SMILES string of the molecule is O=C([O-])c1ccc2ccccc2n1.O=C([O-])c1ccc2ccccc2n1.[Ba+2]. The number of aromatic carboxylic acids is 2. The Morgan fingerprint density at radius 2 is 0.963 bits per heavy atom. The summed E-state index contributed by atoms with van der Waals surface area (Å²) in [5.41, 5.74) is 1.28. The molecule has 2 aromatic heterocycles. The molecule has 0 aliphatic rings. The Labute approximate surface area is 195 Å². The molecule has 0 amide bonds. The van der Waals surface area contributed by atoms with Crippen molar-refractivity contribution in [1.82, 2.24) is 9.97 Å². The molecule has 0 saturated heterocycles. The van der Waals surface area contributed by atoms with Gasteiger partial charge in [-0.05, 0) is 24.3 Å². The molecule has 0 bridgehead atoms. The van der Waals surface area contributed by atoms with Crippen LogP contribution < -0.4 is 10.2 Å². The molecule has 128 valence electrons. The standard InChI is InChI=1S/2C10H7NO2.Ba/c2*12-10(13)9-6-5-7-3-1-2-4-8(7)11-9;/h2*1-6H,(H,12,13);/q;;+2/p-2. The van der Waals surface area contributed by atoms with Gasteiger partial charge in [0.05, 0.1) is 34.4 Å². The number of rotatable bonds is 2. The molecule has 0 aliphatic carbocycles. The van der Waals surface area contributed by atoms with Crippen molar-refractivity contribution >= 4 is 82.6 Å². The molecule has 0 unspecified atom stereocenters. The van der Waals surface area contributed by atoms with E-state index in [1.54, 1.807) is 24.3 Å². The minimum absolute atomic E-state index is 0. The van der Waals surface area contributed by atoms with Crippen molar-refractivity contribution in [1.29, 1.82) is 0 Å². The smallest absolute Gasteiger partial charge is 0.543 e. The van der Waals surface area contributed by atoms with Crippen LogP contribution in [0.5, 0.6) is 0 Å². The van der Waals surface area contributed by atoms with Gasteiger partial charge in [0.25, 0.3) is 0 Å². The summed E-state index contributed by atoms with van der Waals surface area (Å²) >= 11 is 0. The number of fused-ring (bicyclic) bond motifs is 2. The monoisotopic (exact) mass is 482 g/mol. The predicted octanol–water partition coefficient (Wildman–Crippen LogP) is 0.816. The number of pyridine rings is 2. The average Bonchev–Trinajstić information content (AvgIpc) is 2.67. The number of carbonyl (C=O) groups excluding carboxylic acids is 2. The summed E-state index contributed by atoms with van der Waals surface area (Å²) in [5.74, 6) is -2.49. The number of hydrogen-bond donors (Lipinski definition) is 0. The second kappa shape index (κ2) is 9.63. The van der Waals surface area contributed by atoms with Gasteiger partial charge in [-0.1, -0.05) is 48.5 Å². The topological polar surface area (TPSA) is 106 Å². The zero-order valence-corrected chi connectivity index (χ0v) is 18.6. The Morgan fingerprint density at radius 1 is 0.593 bits per heavy atom. The number of aromatic nitrogens is 2. The van der Waals surface area contributed by atoms with Crippen molar-refractivity contribution in [3.63, 3.8) is 0 Å². The normalized spacial score (nSPS) is 9.78. The summed E-state index contributed by atoms with van der Waals surface area (Å²) in [5, 5.41) is 22.8. The molecule has 27 heavy (non-hydrogen) atoms. The van der Waals surface area contributed by atoms with E-state index < -0.39 is 11.9 Å². The zero-order chi connectivity index (χ0) is 18.5. The summed E-state index contributed by atoms with van der Waals surface area (Å²) < 4.78 is 0. The molecule has 4 aromatic rings. The molecule has 2 aromatic carbocycles. The predicted molar refractivity (Wildman–Crippen MR) is 97.9 cm³/mol. The van der Waals surface area contributed by atoms with Crippen molar-refractivity contribution in [3.05, 3.63) is 84.2 Å². The van der Waals surface area contributed by atoms with Crippen molar-refractivity contribution < 1.29 is 19.8 Å². The quantitative estimate of drug-likeness (QED) is 0.393. The molecule has 0 saturated carbocycles. The van der Waals surface area contributed by atoms with Crippen LogP contribution in [0.2, 0.25) is 0 Å². The summed E-state index contributed by atoms with van der Waals surface area (Å²) in [6, 6.07) is 21.0. The number of nitrogens with zero attached hydrogens (tertiary/aromatic N) is 2. The Balaban J connectivity index is 0.000000187. The largest absolute Gasteiger partial charge is 2.00 e. The molecule has 7 heteroatoms. The molecule has 0 N–H and O–H groups in total. The van der Waals surface area contributed by atoms with Gasteiger partial charge in [-0.15, -0.1) is 0 Å². The first kappa shape index (κ1) is 21.1. The molecular formula is C20H12BaN2O4. The van der Waals surface area contributed by atoms with Crippen LogP contribution in [0.4, 0.5) is 0 Å². The van der Waals surface area contributed by atoms with Gasteiger partial charge in [0, 0.05) is 10.8 Å². The minimum Gasteiger partial charge on any atom is -0.543 e. The molecule has 0 spiro atoms. The van der Waals surface area contributed by atoms with Crippen LogP contribution in [0.15, 0.2) is 72.8 Å². The number of carboxylic acid groups (broad SMARTS) is 2. The van der Waals surface area contributed by atoms with E-state index in [0.717, 1.165) is 10.8 Å². The van der Waals surface area contributed by atoms with Crippen molar-refractivity contribution in [2.24, 2.45) is 0 Å². The van der Waals surface area contributed by atoms with E-state index in [0.29, 0.717) is 11.0 Å². The number of para-hydroxylation sites is 2. The number of carbonyl (C=O) groups is 2. The summed E-state index contributed by atoms with van der Waals surface area (Å²) in [6.07, 6.45) is 0. The fraction of sp³-hybridized carbons (Fsp3) is 0. The van der Waals surface area contributed by atoms with Crippen LogP contribution in [0, 0.1) is 0 Å². The van der Waals surface area contributed by atoms with Crippen LogP contribution >= 0.6 is 0 Å². The fourth-order valence-electron chi connectivity index (χ4n) is 2.36. The van der Waals surface area contributed by atoms with Crippen LogP contribution in [0.1, 0.15) is 21.0 Å². The van der Waals surface area contributed by atoms with E-state index in [-0.39, 0.29) is 60.3 Å². The maximum atomic E-state index is 10.5. The van der Waals surface area contributed by atoms with Crippen molar-refractivity contribution in [2.45, 2.75) is 0 Å². The number of carboxylic acids is 2. The van der Waals surface area contributed by atoms with Crippen LogP contribution in [0.25, 0.3) is 21.8 Å². The second-order valence-corrected chi connectivity index (χ2v) is 5.35. The van der Waals surface area contributed by atoms with Gasteiger partial charge in [0.15, 0.2) is 0 Å². The van der Waals surface area contributed by atoms with Gasteiger partial charge in [0.1, 0.15) is 0 Å². The van der Waals surface area contributed by atoms with Crippen LogP contribution in [-0.4, -0.2) is 70.8 Å². The van der Waals surface area contributed by atoms with E-state index in [1.807, 2.05) is 36.4 Å². The molecule has 0 fully saturated rings. The Morgan fingerprint density at radius 3 is 1.33 bits per heavy atom. The van der Waals surface area contributed by atoms with Gasteiger partial charge in [0.2, 0.25) is 0 Å². The van der Waals surface area contributed by atoms with E-state index in [4.69, 9.17) is 0 Å². The van der Waals surface area contributed by atoms with E-state index in [1.165, 1.54) is 12.1 Å². The van der Waals surface area contributed by atoms with Gasteiger partial charge in [-0.3, -0.25) is 0 Å². The number of benzene rings is 2. The van der Waals surface area contributed by atoms with Gasteiger partial charge in [-0.25, -0.2) is 9.97 Å². The van der Waals surface area contributed by atoms with E-state index in [2.05, 4.69) is 9.97 Å². The Hall–Kier alpha value is -2.23. The summed E-state index contributed by atoms with van der Waals surface area (Å²) in [6.45, 7) is 0. The third-order valence-electron chi connectivity index (χ3n) is 3.62. The second-order valence-electron chi connectivity index (χ2n) is 5.35. The third-order valence-corrected chi connectivity index (χ3v) is 3.62. The van der Waals surface area contributed by atoms with E-state index in [9.17, 15) is 19.8 Å². The van der Waals surface area contributed by atoms with Gasteiger partial charge in [-0.2, -0.15) is 0 Å². The Bertz CT molecular complexity index is 1030. The fourth-order valence-corrected chi connectivity index (χ4v) is 2.36. The first-order valence-electron chi connectivity index (χ1n) is 7.69. The zero-order valence-electron chi connectivity index (χ0n) is 14.2. The van der Waals surface area contributed by atoms with Gasteiger partial charge >= 0.3 is 48.9 Å². The maximum absolute atomic E-state index is 10.5. The third kappa shape index (κ3) is 5.38. The molecule has 6 nitrogen and oxygen atoms in total. The van der Waals surface area contributed by atoms with Crippen LogP contribution in [-0.2, 0) is 0 Å². The van der Waals surface area contributed by atoms with Crippen LogP contribution in [0.3, 0.4) is 0 Å². The van der Waals surface area contributed by atoms with E-state index >= 15 is 0 Å². The first-order chi connectivity index (χ1) is 12.5. The Kier molecular flexibility index (Phi) is 7.52. The molecular weight excluding hydrogens is 470 g/mol. The minimum atomic E-state index is -1.24. The van der Waals surface area contributed by atoms with Crippen molar-refractivity contribution in [2.75, 3.05) is 0 Å². The summed E-state index contributed by atoms with van der Waals surface area (Å²) in [4.78, 5) is 28.8. The van der Waals surface area contributed by atoms with Crippen molar-refractivity contribution in [3.8, 4) is 0 Å². The molecule has 0 atom stereocenters. The molecule has 0 radical (unpaired) electrons. The number of hydrogen-bond acceptors (Lipinski definition) is 6. The molecule has 4 rings (SSSR count). The summed E-state index contributed by atoms with van der Waals surface area (Å²) in [7, 11) is 0. The van der Waals surface area contributed by atoms with Gasteiger partial charge < -0.3 is 19.8 Å². The average molecular weight is 482 g/mol. The molecule has 2 heterocycles. The molecule has 0 aliphatic heterocycles. The first-order valence-corrected chi connectivity index (χ1v) is 7.69.